The lowest BCUT2D eigenvalue weighted by atomic mass is 9.88. The van der Waals surface area contributed by atoms with E-state index in [1.807, 2.05) is 0 Å². The van der Waals surface area contributed by atoms with Gasteiger partial charge >= 0.3 is 0 Å². The third-order valence-corrected chi connectivity index (χ3v) is 5.92. The monoisotopic (exact) mass is 385 g/mol. The maximum atomic E-state index is 13.4. The Morgan fingerprint density at radius 1 is 1.18 bits per heavy atom. The van der Waals surface area contributed by atoms with E-state index < -0.39 is 0 Å². The maximum Gasteiger partial charge on any atom is 0.226 e. The van der Waals surface area contributed by atoms with E-state index in [0.29, 0.717) is 18.0 Å². The zero-order valence-corrected chi connectivity index (χ0v) is 16.2. The van der Waals surface area contributed by atoms with Gasteiger partial charge in [0.15, 0.2) is 0 Å². The van der Waals surface area contributed by atoms with Gasteiger partial charge < -0.3 is 9.73 Å². The molecule has 2 heterocycles. The van der Waals surface area contributed by atoms with E-state index in [1.54, 1.807) is 18.4 Å². The van der Waals surface area contributed by atoms with Gasteiger partial charge in [-0.2, -0.15) is 0 Å². The molecule has 6 heteroatoms. The second kappa shape index (κ2) is 8.86. The fourth-order valence-electron chi connectivity index (χ4n) is 4.28. The topological polar surface area (TPSA) is 58.4 Å². The van der Waals surface area contributed by atoms with Crippen LogP contribution in [0.1, 0.15) is 50.6 Å². The predicted molar refractivity (Wildman–Crippen MR) is 105 cm³/mol. The highest BCUT2D eigenvalue weighted by molar-refractivity contribution is 5.79. The highest BCUT2D eigenvalue weighted by Gasteiger charge is 2.26. The average Bonchev–Trinajstić information content (AvgIpc) is 3.19. The number of hydrogen-bond acceptors (Lipinski definition) is 4. The second-order valence-corrected chi connectivity index (χ2v) is 8.05. The van der Waals surface area contributed by atoms with Crippen LogP contribution in [0.3, 0.4) is 0 Å². The molecular weight excluding hydrogens is 357 g/mol. The number of benzene rings is 1. The summed E-state index contributed by atoms with van der Waals surface area (Å²) in [6.45, 7) is 2.57. The third-order valence-electron chi connectivity index (χ3n) is 5.92. The fourth-order valence-corrected chi connectivity index (χ4v) is 4.28. The summed E-state index contributed by atoms with van der Waals surface area (Å²) < 4.78 is 18.9. The number of nitrogens with one attached hydrogen (secondary N) is 1. The molecule has 2 aromatic rings. The van der Waals surface area contributed by atoms with E-state index in [4.69, 9.17) is 4.42 Å². The van der Waals surface area contributed by atoms with Crippen molar-refractivity contribution in [3.8, 4) is 11.5 Å². The van der Waals surface area contributed by atoms with E-state index in [-0.39, 0.29) is 23.7 Å². The van der Waals surface area contributed by atoms with Crippen LogP contribution < -0.4 is 5.32 Å². The Balaban J connectivity index is 1.25. The van der Waals surface area contributed by atoms with Crippen molar-refractivity contribution in [2.75, 3.05) is 13.1 Å². The molecule has 1 saturated heterocycles. The Hall–Kier alpha value is -2.21. The molecule has 1 aromatic carbocycles. The van der Waals surface area contributed by atoms with Gasteiger partial charge in [0.1, 0.15) is 12.1 Å². The molecule has 0 bridgehead atoms. The van der Waals surface area contributed by atoms with E-state index >= 15 is 0 Å². The highest BCUT2D eigenvalue weighted by atomic mass is 19.1. The van der Waals surface area contributed by atoms with Crippen molar-refractivity contribution >= 4 is 5.91 Å². The van der Waals surface area contributed by atoms with Crippen LogP contribution >= 0.6 is 0 Å². The molecule has 1 amide bonds. The van der Waals surface area contributed by atoms with E-state index in [1.165, 1.54) is 31.4 Å². The van der Waals surface area contributed by atoms with Crippen LogP contribution in [0.2, 0.25) is 0 Å². The minimum absolute atomic E-state index is 0.225. The summed E-state index contributed by atoms with van der Waals surface area (Å²) in [7, 11) is 0. The SMILES string of the molecule is O=C(NC1CCN(Cc2coc(-c3cccc(F)c3)n2)CC1)C1CCCCC1. The molecule has 2 fully saturated rings. The lowest BCUT2D eigenvalue weighted by Gasteiger charge is -2.33. The molecule has 1 aliphatic carbocycles. The van der Waals surface area contributed by atoms with Gasteiger partial charge in [-0.05, 0) is 43.9 Å². The van der Waals surface area contributed by atoms with Crippen molar-refractivity contribution in [2.24, 2.45) is 5.92 Å². The first-order chi connectivity index (χ1) is 13.7. The first-order valence-corrected chi connectivity index (χ1v) is 10.4. The Morgan fingerprint density at radius 3 is 2.71 bits per heavy atom. The number of aromatic nitrogens is 1. The first-order valence-electron chi connectivity index (χ1n) is 10.4. The van der Waals surface area contributed by atoms with Crippen LogP contribution in [0.4, 0.5) is 4.39 Å². The molecule has 4 rings (SSSR count). The summed E-state index contributed by atoms with van der Waals surface area (Å²) in [4.78, 5) is 19.3. The van der Waals surface area contributed by atoms with Crippen LogP contribution in [-0.4, -0.2) is 34.9 Å². The molecular formula is C22H28FN3O2. The quantitative estimate of drug-likeness (QED) is 0.840. The number of carbonyl (C=O) groups is 1. The van der Waals surface area contributed by atoms with Gasteiger partial charge in [-0.15, -0.1) is 0 Å². The summed E-state index contributed by atoms with van der Waals surface area (Å²) in [5.41, 5.74) is 1.50. The first kappa shape index (κ1) is 19.1. The lowest BCUT2D eigenvalue weighted by molar-refractivity contribution is -0.127. The van der Waals surface area contributed by atoms with Crippen LogP contribution in [0.5, 0.6) is 0 Å². The van der Waals surface area contributed by atoms with Gasteiger partial charge in [-0.3, -0.25) is 9.69 Å². The predicted octanol–water partition coefficient (Wildman–Crippen LogP) is 4.14. The summed E-state index contributed by atoms with van der Waals surface area (Å²) in [6.07, 6.45) is 9.31. The van der Waals surface area contributed by atoms with Gasteiger partial charge in [-0.25, -0.2) is 9.37 Å². The third kappa shape index (κ3) is 4.79. The number of halogens is 1. The summed E-state index contributed by atoms with van der Waals surface area (Å²) in [5.74, 6) is 0.635. The van der Waals surface area contributed by atoms with Gasteiger partial charge in [0.25, 0.3) is 0 Å². The van der Waals surface area contributed by atoms with E-state index in [0.717, 1.165) is 44.5 Å². The highest BCUT2D eigenvalue weighted by Crippen LogP contribution is 2.25. The van der Waals surface area contributed by atoms with Crippen molar-refractivity contribution in [2.45, 2.75) is 57.5 Å². The van der Waals surface area contributed by atoms with Crippen molar-refractivity contribution < 1.29 is 13.6 Å². The molecule has 2 aliphatic rings. The fraction of sp³-hybridized carbons (Fsp3) is 0.545. The average molecular weight is 385 g/mol. The number of hydrogen-bond donors (Lipinski definition) is 1. The summed E-state index contributed by atoms with van der Waals surface area (Å²) >= 11 is 0. The molecule has 1 aliphatic heterocycles. The molecule has 0 radical (unpaired) electrons. The van der Waals surface area contributed by atoms with Gasteiger partial charge in [0, 0.05) is 37.2 Å². The van der Waals surface area contributed by atoms with Crippen molar-refractivity contribution in [1.29, 1.82) is 0 Å². The van der Waals surface area contributed by atoms with Crippen LogP contribution in [0, 0.1) is 11.7 Å². The number of rotatable bonds is 5. The Kier molecular flexibility index (Phi) is 6.05. The molecule has 1 saturated carbocycles. The van der Waals surface area contributed by atoms with E-state index in [9.17, 15) is 9.18 Å². The number of piperidine rings is 1. The molecule has 0 atom stereocenters. The standard InChI is InChI=1S/C22H28FN3O2/c23-18-8-4-7-17(13-18)22-25-20(15-28-22)14-26-11-9-19(10-12-26)24-21(27)16-5-2-1-3-6-16/h4,7-8,13,15-16,19H,1-3,5-6,9-12,14H2,(H,24,27). The molecule has 150 valence electrons. The number of oxazole rings is 1. The normalized spacial score (nSPS) is 19.6. The van der Waals surface area contributed by atoms with Gasteiger partial charge in [0.05, 0.1) is 5.69 Å². The largest absolute Gasteiger partial charge is 0.444 e. The second-order valence-electron chi connectivity index (χ2n) is 8.05. The lowest BCUT2D eigenvalue weighted by Crippen LogP contribution is -2.46. The van der Waals surface area contributed by atoms with Crippen LogP contribution in [0.25, 0.3) is 11.5 Å². The number of amides is 1. The Bertz CT molecular complexity index is 793. The molecule has 1 N–H and O–H groups in total. The van der Waals surface area contributed by atoms with Crippen molar-refractivity contribution in [3.63, 3.8) is 0 Å². The molecule has 1 aromatic heterocycles. The summed E-state index contributed by atoms with van der Waals surface area (Å²) in [5, 5.41) is 3.27. The minimum Gasteiger partial charge on any atom is -0.444 e. The van der Waals surface area contributed by atoms with Crippen molar-refractivity contribution in [1.82, 2.24) is 15.2 Å². The smallest absolute Gasteiger partial charge is 0.226 e. The van der Waals surface area contributed by atoms with Gasteiger partial charge in [-0.1, -0.05) is 25.3 Å². The van der Waals surface area contributed by atoms with Crippen LogP contribution in [0.15, 0.2) is 34.9 Å². The Labute approximate surface area is 165 Å². The number of carbonyl (C=O) groups excluding carboxylic acids is 1. The van der Waals surface area contributed by atoms with E-state index in [2.05, 4.69) is 15.2 Å². The van der Waals surface area contributed by atoms with Crippen LogP contribution in [-0.2, 0) is 11.3 Å². The van der Waals surface area contributed by atoms with Gasteiger partial charge in [0.2, 0.25) is 11.8 Å². The zero-order chi connectivity index (χ0) is 19.3. The summed E-state index contributed by atoms with van der Waals surface area (Å²) in [6, 6.07) is 6.56. The zero-order valence-electron chi connectivity index (χ0n) is 16.2. The van der Waals surface area contributed by atoms with Crippen molar-refractivity contribution in [3.05, 3.63) is 42.0 Å². The molecule has 0 unspecified atom stereocenters. The molecule has 0 spiro atoms. The maximum absolute atomic E-state index is 13.4. The number of nitrogens with zero attached hydrogens (tertiary/aromatic N) is 2. The minimum atomic E-state index is -0.297. The number of likely N-dealkylation sites (tertiary alicyclic amines) is 1. The Morgan fingerprint density at radius 2 is 1.96 bits per heavy atom. The molecule has 28 heavy (non-hydrogen) atoms. The molecule has 5 nitrogen and oxygen atoms in total.